The standard InChI is InChI=1S/Cu.3NO3.3H2O/c;3*2-1(3)4;;;/h;;;;3*1H2/q;3*-1;;;. The first kappa shape index (κ1) is 48.3. The van der Waals surface area contributed by atoms with E-state index < -0.39 is 15.3 Å². The molecule has 0 unspecified atom stereocenters. The Hall–Kier alpha value is -2.00. The molecule has 15 nitrogen and oxygen atoms in total. The summed E-state index contributed by atoms with van der Waals surface area (Å²) in [4.78, 5) is 24.8. The predicted octanol–water partition coefficient (Wildman–Crippen LogP) is -3.19. The van der Waals surface area contributed by atoms with Crippen LogP contribution in [-0.4, -0.2) is 31.7 Å². The fourth-order valence-corrected chi connectivity index (χ4v) is 0. The Kier molecular flexibility index (Phi) is 115. The maximum absolute atomic E-state index is 8.25. The van der Waals surface area contributed by atoms with E-state index in [2.05, 4.69) is 0 Å². The van der Waals surface area contributed by atoms with Crippen LogP contribution in [0.4, 0.5) is 0 Å². The minimum Gasteiger partial charge on any atom is -0.412 e. The minimum absolute atomic E-state index is 0. The first-order valence-corrected chi connectivity index (χ1v) is 1.64. The van der Waals surface area contributed by atoms with Crippen molar-refractivity contribution in [3.05, 3.63) is 46.0 Å². The smallest absolute Gasteiger partial charge is 0.0689 e. The third-order valence-corrected chi connectivity index (χ3v) is 0. The third-order valence-electron chi connectivity index (χ3n) is 0. The van der Waals surface area contributed by atoms with Crippen LogP contribution < -0.4 is 0 Å². The molecule has 0 bridgehead atoms. The Bertz CT molecular complexity index is 114. The Balaban J connectivity index is -0.0000000135. The van der Waals surface area contributed by atoms with E-state index in [0.29, 0.717) is 0 Å². The summed E-state index contributed by atoms with van der Waals surface area (Å²) in [5.41, 5.74) is 0. The van der Waals surface area contributed by atoms with Crippen molar-refractivity contribution in [2.45, 2.75) is 0 Å². The van der Waals surface area contributed by atoms with Gasteiger partial charge in [-0.05, 0) is 0 Å². The summed E-state index contributed by atoms with van der Waals surface area (Å²) >= 11 is 0. The normalized spacial score (nSPS) is 4.50. The molecule has 0 rings (SSSR count). The number of hydrogen-bond acceptors (Lipinski definition) is 9. The van der Waals surface area contributed by atoms with Gasteiger partial charge in [0.05, 0.1) is 15.3 Å². The van der Waals surface area contributed by atoms with Crippen LogP contribution in [0.5, 0.6) is 0 Å². The molecule has 0 aliphatic heterocycles. The van der Waals surface area contributed by atoms with E-state index in [4.69, 9.17) is 46.0 Å². The fourth-order valence-electron chi connectivity index (χ4n) is 0. The van der Waals surface area contributed by atoms with Gasteiger partial charge in [-0.3, -0.25) is 0 Å². The van der Waals surface area contributed by atoms with E-state index in [9.17, 15) is 0 Å². The molecule has 0 aromatic rings. The summed E-state index contributed by atoms with van der Waals surface area (Å²) < 4.78 is 0. The van der Waals surface area contributed by atoms with Gasteiger partial charge in [-0.25, -0.2) is 0 Å². The van der Waals surface area contributed by atoms with Crippen LogP contribution in [0.1, 0.15) is 0 Å². The summed E-state index contributed by atoms with van der Waals surface area (Å²) in [6, 6.07) is 0. The van der Waals surface area contributed by atoms with Crippen LogP contribution in [0.25, 0.3) is 0 Å². The molecule has 16 heavy (non-hydrogen) atoms. The molecule has 1 radical (unpaired) electrons. The monoisotopic (exact) mass is 303 g/mol. The van der Waals surface area contributed by atoms with E-state index >= 15 is 0 Å². The maximum Gasteiger partial charge on any atom is 0.0689 e. The number of rotatable bonds is 0. The molecule has 0 spiro atoms. The van der Waals surface area contributed by atoms with E-state index in [-0.39, 0.29) is 33.5 Å². The van der Waals surface area contributed by atoms with Gasteiger partial charge < -0.3 is 62.4 Å². The van der Waals surface area contributed by atoms with E-state index in [1.54, 1.807) is 0 Å². The van der Waals surface area contributed by atoms with E-state index in [0.717, 1.165) is 0 Å². The summed E-state index contributed by atoms with van der Waals surface area (Å²) in [6.45, 7) is 0. The Morgan fingerprint density at radius 2 is 0.500 bits per heavy atom. The summed E-state index contributed by atoms with van der Waals surface area (Å²) in [5, 5.41) is 44.2. The summed E-state index contributed by atoms with van der Waals surface area (Å²) in [5.74, 6) is 0. The molecule has 0 heterocycles. The molecule has 6 N–H and O–H groups in total. The summed E-state index contributed by atoms with van der Waals surface area (Å²) in [7, 11) is 0. The van der Waals surface area contributed by atoms with Crippen molar-refractivity contribution in [3.63, 3.8) is 0 Å². The molecule has 0 aliphatic carbocycles. The average Bonchev–Trinajstić information content (AvgIpc) is 1.54. The molecule has 0 atom stereocenters. The largest absolute Gasteiger partial charge is 0.412 e. The van der Waals surface area contributed by atoms with Gasteiger partial charge in [0, 0.05) is 17.1 Å². The Morgan fingerprint density at radius 3 is 0.500 bits per heavy atom. The molecular formula is H6CuN3O12-3. The van der Waals surface area contributed by atoms with Crippen LogP contribution in [0.3, 0.4) is 0 Å². The molecular weight excluding hydrogens is 298 g/mol. The van der Waals surface area contributed by atoms with Crippen LogP contribution in [0, 0.1) is 46.0 Å². The predicted molar refractivity (Wildman–Crippen MR) is 41.9 cm³/mol. The van der Waals surface area contributed by atoms with Crippen molar-refractivity contribution in [1.29, 1.82) is 0 Å². The first-order valence-electron chi connectivity index (χ1n) is 1.64. The van der Waals surface area contributed by atoms with Gasteiger partial charge in [-0.2, -0.15) is 0 Å². The maximum atomic E-state index is 8.25. The second-order valence-electron chi connectivity index (χ2n) is 0.671. The van der Waals surface area contributed by atoms with Crippen LogP contribution in [0.15, 0.2) is 0 Å². The number of nitrogens with zero attached hydrogens (tertiary/aromatic N) is 3. The van der Waals surface area contributed by atoms with Gasteiger partial charge >= 0.3 is 0 Å². The molecule has 0 amide bonds. The molecule has 0 saturated heterocycles. The zero-order chi connectivity index (χ0) is 10.7. The van der Waals surface area contributed by atoms with E-state index in [1.165, 1.54) is 0 Å². The van der Waals surface area contributed by atoms with Crippen molar-refractivity contribution in [2.75, 3.05) is 0 Å². The Labute approximate surface area is 95.6 Å². The zero-order valence-corrected chi connectivity index (χ0v) is 7.76. The quantitative estimate of drug-likeness (QED) is 0.246. The second-order valence-corrected chi connectivity index (χ2v) is 0.671. The van der Waals surface area contributed by atoms with Gasteiger partial charge in [0.1, 0.15) is 0 Å². The van der Waals surface area contributed by atoms with E-state index in [1.807, 2.05) is 0 Å². The van der Waals surface area contributed by atoms with Crippen molar-refractivity contribution >= 4 is 0 Å². The third kappa shape index (κ3) is 363. The van der Waals surface area contributed by atoms with Crippen molar-refractivity contribution in [1.82, 2.24) is 0 Å². The van der Waals surface area contributed by atoms with Gasteiger partial charge in [0.25, 0.3) is 0 Å². The fraction of sp³-hybridized carbons (Fsp3) is 0. The summed E-state index contributed by atoms with van der Waals surface area (Å²) in [6.07, 6.45) is 0. The number of hydrogen-bond donors (Lipinski definition) is 0. The SMILES string of the molecule is O.O.O.O=[N+]([O-])[O-].O=[N+]([O-])[O-].O=[N+]([O-])[O-].[Cu]. The van der Waals surface area contributed by atoms with Crippen molar-refractivity contribution in [2.24, 2.45) is 0 Å². The van der Waals surface area contributed by atoms with Crippen molar-refractivity contribution in [3.8, 4) is 0 Å². The Morgan fingerprint density at radius 1 is 0.500 bits per heavy atom. The molecule has 0 aliphatic rings. The first-order chi connectivity index (χ1) is 5.20. The molecule has 16 heteroatoms. The van der Waals surface area contributed by atoms with Gasteiger partial charge in [0.15, 0.2) is 0 Å². The van der Waals surface area contributed by atoms with Crippen LogP contribution in [-0.2, 0) is 17.1 Å². The molecule has 0 aromatic carbocycles. The van der Waals surface area contributed by atoms with Crippen LogP contribution >= 0.6 is 0 Å². The van der Waals surface area contributed by atoms with Gasteiger partial charge in [0.2, 0.25) is 0 Å². The molecule has 0 aromatic heterocycles. The zero-order valence-electron chi connectivity index (χ0n) is 6.82. The van der Waals surface area contributed by atoms with Crippen molar-refractivity contribution < 1.29 is 48.8 Å². The average molecular weight is 304 g/mol. The molecule has 107 valence electrons. The second kappa shape index (κ2) is 38.2. The van der Waals surface area contributed by atoms with Crippen LogP contribution in [0.2, 0.25) is 0 Å². The molecule has 0 saturated carbocycles. The molecule has 0 fully saturated rings. The topological polar surface area (TPSA) is 293 Å². The van der Waals surface area contributed by atoms with Gasteiger partial charge in [-0.15, -0.1) is 0 Å². The minimum atomic E-state index is -1.75. The van der Waals surface area contributed by atoms with Gasteiger partial charge in [-0.1, -0.05) is 0 Å².